The van der Waals surface area contributed by atoms with E-state index < -0.39 is 48.8 Å². The topological polar surface area (TPSA) is 133 Å². The fourth-order valence-electron chi connectivity index (χ4n) is 3.91. The number of β-amino-alcohol motifs (C(OH)–C–C–N with tert-alkyl or cyclic N) is 1. The molecule has 2 heterocycles. The fourth-order valence-corrected chi connectivity index (χ4v) is 3.91. The van der Waals surface area contributed by atoms with E-state index in [2.05, 4.69) is 0 Å². The van der Waals surface area contributed by atoms with Crippen molar-refractivity contribution in [2.24, 2.45) is 11.5 Å². The molecular weight excluding hydrogens is 419 g/mol. The Morgan fingerprint density at radius 1 is 1.06 bits per heavy atom. The lowest BCUT2D eigenvalue weighted by Gasteiger charge is -2.48. The van der Waals surface area contributed by atoms with Crippen molar-refractivity contribution in [1.82, 2.24) is 14.7 Å². The summed E-state index contributed by atoms with van der Waals surface area (Å²) in [6.07, 6.45) is -4.77. The number of hydrogen-bond acceptors (Lipinski definition) is 5. The third kappa shape index (κ3) is 4.74. The number of alkyl halides is 3. The summed E-state index contributed by atoms with van der Waals surface area (Å²) >= 11 is 0. The number of aliphatic hydroxyl groups is 1. The van der Waals surface area contributed by atoms with Gasteiger partial charge in [-0.05, 0) is 17.5 Å². The number of benzene rings is 1. The molecule has 0 aliphatic carbocycles. The van der Waals surface area contributed by atoms with Gasteiger partial charge in [-0.2, -0.15) is 13.2 Å². The van der Waals surface area contributed by atoms with Crippen LogP contribution in [0.15, 0.2) is 24.3 Å². The highest BCUT2D eigenvalue weighted by Crippen LogP contribution is 2.31. The van der Waals surface area contributed by atoms with Crippen LogP contribution in [0.2, 0.25) is 0 Å². The van der Waals surface area contributed by atoms with E-state index >= 15 is 0 Å². The van der Waals surface area contributed by atoms with E-state index in [4.69, 9.17) is 11.5 Å². The van der Waals surface area contributed by atoms with Gasteiger partial charge >= 0.3 is 18.2 Å². The van der Waals surface area contributed by atoms with Crippen LogP contribution in [0.5, 0.6) is 0 Å². The lowest BCUT2D eigenvalue weighted by molar-refractivity contribution is -0.201. The Bertz CT molecular complexity index is 855. The molecule has 4 amide bonds. The van der Waals surface area contributed by atoms with Crippen LogP contribution in [0.1, 0.15) is 11.1 Å². The number of carbonyl (C=O) groups excluding carboxylic acids is 3. The van der Waals surface area contributed by atoms with Gasteiger partial charge in [0.25, 0.3) is 5.78 Å². The predicted octanol–water partition coefficient (Wildman–Crippen LogP) is 0.0508. The van der Waals surface area contributed by atoms with E-state index in [0.717, 1.165) is 16.0 Å². The molecule has 0 spiro atoms. The summed E-state index contributed by atoms with van der Waals surface area (Å²) in [4.78, 5) is 39.7. The van der Waals surface area contributed by atoms with E-state index in [0.29, 0.717) is 13.0 Å². The van der Waals surface area contributed by atoms with Crippen LogP contribution < -0.4 is 11.5 Å². The number of Topliss-reactive ketones (excluding diaryl/α,β-unsaturated/α-hetero) is 1. The number of nitrogens with zero attached hydrogens (tertiary/aromatic N) is 3. The first-order chi connectivity index (χ1) is 14.4. The van der Waals surface area contributed by atoms with Crippen molar-refractivity contribution < 1.29 is 32.7 Å². The number of carbonyl (C=O) groups is 3. The summed E-state index contributed by atoms with van der Waals surface area (Å²) in [5.41, 5.74) is 10.3. The van der Waals surface area contributed by atoms with Crippen molar-refractivity contribution in [3.8, 4) is 0 Å². The third-order valence-electron chi connectivity index (χ3n) is 5.62. The molecule has 0 aromatic heterocycles. The number of urea groups is 2. The maximum atomic E-state index is 12.7. The molecule has 1 aromatic rings. The van der Waals surface area contributed by atoms with Crippen LogP contribution in [0.25, 0.3) is 0 Å². The second kappa shape index (κ2) is 8.35. The van der Waals surface area contributed by atoms with Gasteiger partial charge in [-0.3, -0.25) is 4.79 Å². The molecule has 1 aromatic carbocycles. The Hall–Kier alpha value is -2.86. The molecule has 0 radical (unpaired) electrons. The van der Waals surface area contributed by atoms with E-state index in [1.54, 1.807) is 0 Å². The average molecular weight is 443 g/mol. The molecule has 2 aliphatic rings. The lowest BCUT2D eigenvalue weighted by atomic mass is 9.89. The van der Waals surface area contributed by atoms with Crippen LogP contribution >= 0.6 is 0 Å². The molecule has 5 N–H and O–H groups in total. The van der Waals surface area contributed by atoms with Gasteiger partial charge < -0.3 is 31.3 Å². The zero-order chi connectivity index (χ0) is 23.0. The Kier molecular flexibility index (Phi) is 6.14. The first-order valence-corrected chi connectivity index (χ1v) is 9.66. The van der Waals surface area contributed by atoms with Crippen LogP contribution in [0.4, 0.5) is 22.8 Å². The average Bonchev–Trinajstić information content (AvgIpc) is 2.70. The lowest BCUT2D eigenvalue weighted by Crippen LogP contribution is -2.72. The zero-order valence-corrected chi connectivity index (χ0v) is 16.6. The summed E-state index contributed by atoms with van der Waals surface area (Å²) in [5, 5.41) is 9.88. The molecule has 2 aliphatic heterocycles. The van der Waals surface area contributed by atoms with Gasteiger partial charge in [0.05, 0.1) is 19.1 Å². The molecule has 31 heavy (non-hydrogen) atoms. The summed E-state index contributed by atoms with van der Waals surface area (Å²) < 4.78 is 37.8. The van der Waals surface area contributed by atoms with Gasteiger partial charge in [0.15, 0.2) is 5.60 Å². The summed E-state index contributed by atoms with van der Waals surface area (Å²) in [6, 6.07) is 5.76. The molecule has 1 unspecified atom stereocenters. The second-order valence-electron chi connectivity index (χ2n) is 7.85. The maximum Gasteiger partial charge on any atom is 0.453 e. The molecule has 2 saturated heterocycles. The number of nitrogens with two attached hydrogens (primary N) is 2. The van der Waals surface area contributed by atoms with E-state index in [1.165, 1.54) is 9.80 Å². The third-order valence-corrected chi connectivity index (χ3v) is 5.62. The molecular formula is C19H24F3N5O4. The number of halogens is 3. The number of rotatable bonds is 4. The van der Waals surface area contributed by atoms with Gasteiger partial charge in [0, 0.05) is 26.2 Å². The summed E-state index contributed by atoms with van der Waals surface area (Å²) in [6.45, 7) is -0.670. The minimum absolute atomic E-state index is 0.114. The quantitative estimate of drug-likeness (QED) is 0.605. The largest absolute Gasteiger partial charge is 0.453 e. The highest BCUT2D eigenvalue weighted by molar-refractivity contribution is 5.95. The Labute approximate surface area is 176 Å². The number of amides is 4. The smallest absolute Gasteiger partial charge is 0.378 e. The molecule has 12 heteroatoms. The molecule has 0 saturated carbocycles. The highest BCUT2D eigenvalue weighted by Gasteiger charge is 2.59. The minimum Gasteiger partial charge on any atom is -0.378 e. The number of hydrogen-bond donors (Lipinski definition) is 3. The van der Waals surface area contributed by atoms with Gasteiger partial charge in [0.1, 0.15) is 0 Å². The summed E-state index contributed by atoms with van der Waals surface area (Å²) in [7, 11) is 0. The maximum absolute atomic E-state index is 12.7. The number of primary amides is 1. The molecule has 3 rings (SSSR count). The second-order valence-corrected chi connectivity index (χ2v) is 7.85. The van der Waals surface area contributed by atoms with Crippen molar-refractivity contribution in [1.29, 1.82) is 0 Å². The van der Waals surface area contributed by atoms with Crippen LogP contribution in [-0.2, 0) is 17.8 Å². The van der Waals surface area contributed by atoms with Crippen LogP contribution in [0, 0.1) is 0 Å². The fraction of sp³-hybridized carbons (Fsp3) is 0.526. The molecule has 0 bridgehead atoms. The van der Waals surface area contributed by atoms with Crippen LogP contribution in [0.3, 0.4) is 0 Å². The normalized spacial score (nSPS) is 20.9. The standard InChI is InChI=1S/C19H24F3N5O4/c20-19(21,22)15(28)18(31)10-26(11-18)17(30)25-5-6-27(16(24)29)14(9-25)7-12-1-3-13(8-23)4-2-12/h1-4,14,31H,5-11,23H2,(H2,24,29). The van der Waals surface area contributed by atoms with E-state index in [9.17, 15) is 32.7 Å². The molecule has 170 valence electrons. The molecule has 1 atom stereocenters. The van der Waals surface area contributed by atoms with Gasteiger partial charge in [-0.25, -0.2) is 9.59 Å². The molecule has 9 nitrogen and oxygen atoms in total. The monoisotopic (exact) mass is 443 g/mol. The van der Waals surface area contributed by atoms with E-state index in [-0.39, 0.29) is 19.6 Å². The van der Waals surface area contributed by atoms with Gasteiger partial charge in [-0.15, -0.1) is 0 Å². The van der Waals surface area contributed by atoms with Crippen molar-refractivity contribution in [3.63, 3.8) is 0 Å². The number of likely N-dealkylation sites (tertiary alicyclic amines) is 1. The van der Waals surface area contributed by atoms with Gasteiger partial charge in [0.2, 0.25) is 0 Å². The first-order valence-electron chi connectivity index (χ1n) is 9.66. The van der Waals surface area contributed by atoms with Crippen LogP contribution in [-0.4, -0.2) is 88.2 Å². The SMILES string of the molecule is NCc1ccc(CC2CN(C(=O)N3CC(O)(C(=O)C(F)(F)F)C3)CCN2C(N)=O)cc1. The number of ketones is 1. The molecule has 2 fully saturated rings. The van der Waals surface area contributed by atoms with Gasteiger partial charge in [-0.1, -0.05) is 24.3 Å². The Balaban J connectivity index is 1.65. The zero-order valence-electron chi connectivity index (χ0n) is 16.6. The predicted molar refractivity (Wildman–Crippen MR) is 103 cm³/mol. The van der Waals surface area contributed by atoms with Crippen molar-refractivity contribution in [2.45, 2.75) is 30.8 Å². The van der Waals surface area contributed by atoms with Crippen molar-refractivity contribution in [2.75, 3.05) is 32.7 Å². The Morgan fingerprint density at radius 2 is 1.65 bits per heavy atom. The van der Waals surface area contributed by atoms with Crippen molar-refractivity contribution >= 4 is 17.8 Å². The van der Waals surface area contributed by atoms with Crippen molar-refractivity contribution in [3.05, 3.63) is 35.4 Å². The summed E-state index contributed by atoms with van der Waals surface area (Å²) in [5.74, 6) is -2.26. The first kappa shape index (κ1) is 22.8. The highest BCUT2D eigenvalue weighted by atomic mass is 19.4. The number of piperazine rings is 1. The Morgan fingerprint density at radius 3 is 2.16 bits per heavy atom. The minimum atomic E-state index is -5.18. The van der Waals surface area contributed by atoms with E-state index in [1.807, 2.05) is 24.3 Å².